The first-order valence-electron chi connectivity index (χ1n) is 7.73. The summed E-state index contributed by atoms with van der Waals surface area (Å²) in [4.78, 5) is 12.4. The van der Waals surface area contributed by atoms with Gasteiger partial charge < -0.3 is 5.32 Å². The number of rotatable bonds is 3. The highest BCUT2D eigenvalue weighted by atomic mass is 19.4. The Balaban J connectivity index is 1.79. The maximum Gasteiger partial charge on any atom is 0.416 e. The highest BCUT2D eigenvalue weighted by molar-refractivity contribution is 6.03. The highest BCUT2D eigenvalue weighted by Gasteiger charge is 2.30. The van der Waals surface area contributed by atoms with Gasteiger partial charge in [0.25, 0.3) is 5.91 Å². The van der Waals surface area contributed by atoms with Crippen molar-refractivity contribution in [1.29, 1.82) is 0 Å². The smallest absolute Gasteiger partial charge is 0.321 e. The van der Waals surface area contributed by atoms with E-state index in [-0.39, 0.29) is 11.4 Å². The van der Waals surface area contributed by atoms with Crippen LogP contribution in [0.5, 0.6) is 0 Å². The molecule has 1 N–H and O–H groups in total. The Bertz CT molecular complexity index is 929. The number of aromatic nitrogens is 3. The summed E-state index contributed by atoms with van der Waals surface area (Å²) in [6, 6.07) is 11.7. The summed E-state index contributed by atoms with van der Waals surface area (Å²) in [6.07, 6.45) is -4.42. The lowest BCUT2D eigenvalue weighted by Gasteiger charge is -2.08. The van der Waals surface area contributed by atoms with Gasteiger partial charge in [-0.05, 0) is 50.2 Å². The molecule has 26 heavy (non-hydrogen) atoms. The van der Waals surface area contributed by atoms with Crippen LogP contribution < -0.4 is 5.32 Å². The third-order valence-corrected chi connectivity index (χ3v) is 3.86. The van der Waals surface area contributed by atoms with Gasteiger partial charge in [-0.1, -0.05) is 22.9 Å². The normalized spacial score (nSPS) is 11.4. The summed E-state index contributed by atoms with van der Waals surface area (Å²) < 4.78 is 39.3. The SMILES string of the molecule is Cc1ccc(-n2nnc(C(=O)Nc3ccc(C(F)(F)F)cc3)c2C)cc1. The largest absolute Gasteiger partial charge is 0.416 e. The standard InChI is InChI=1S/C18H15F3N4O/c1-11-3-9-15(10-4-11)25-12(2)16(23-24-25)17(26)22-14-7-5-13(6-8-14)18(19,20)21/h3-10H,1-2H3,(H,22,26). The van der Waals surface area contributed by atoms with Crippen molar-refractivity contribution in [3.8, 4) is 5.69 Å². The Morgan fingerprint density at radius 1 is 1.00 bits per heavy atom. The third-order valence-electron chi connectivity index (χ3n) is 3.86. The van der Waals surface area contributed by atoms with Crippen LogP contribution in [-0.4, -0.2) is 20.9 Å². The first-order valence-corrected chi connectivity index (χ1v) is 7.73. The number of anilines is 1. The van der Waals surface area contributed by atoms with E-state index in [1.165, 1.54) is 16.8 Å². The van der Waals surface area contributed by atoms with E-state index in [9.17, 15) is 18.0 Å². The monoisotopic (exact) mass is 360 g/mol. The van der Waals surface area contributed by atoms with E-state index in [1.54, 1.807) is 6.92 Å². The quantitative estimate of drug-likeness (QED) is 0.763. The van der Waals surface area contributed by atoms with Crippen LogP contribution in [0.3, 0.4) is 0 Å². The molecule has 3 rings (SSSR count). The van der Waals surface area contributed by atoms with Crippen molar-refractivity contribution in [2.75, 3.05) is 5.32 Å². The number of aryl methyl sites for hydroxylation is 1. The lowest BCUT2D eigenvalue weighted by atomic mass is 10.2. The summed E-state index contributed by atoms with van der Waals surface area (Å²) in [5.41, 5.74) is 1.94. The van der Waals surface area contributed by atoms with Crippen molar-refractivity contribution in [3.63, 3.8) is 0 Å². The predicted molar refractivity (Wildman–Crippen MR) is 90.2 cm³/mol. The summed E-state index contributed by atoms with van der Waals surface area (Å²) in [7, 11) is 0. The van der Waals surface area contributed by atoms with Crippen LogP contribution in [0.4, 0.5) is 18.9 Å². The number of benzene rings is 2. The van der Waals surface area contributed by atoms with Crippen molar-refractivity contribution >= 4 is 11.6 Å². The van der Waals surface area contributed by atoms with Gasteiger partial charge in [0.1, 0.15) is 0 Å². The van der Waals surface area contributed by atoms with Crippen LogP contribution in [0.25, 0.3) is 5.69 Å². The van der Waals surface area contributed by atoms with Gasteiger partial charge in [-0.2, -0.15) is 13.2 Å². The molecule has 0 unspecified atom stereocenters. The number of nitrogens with one attached hydrogen (secondary N) is 1. The molecule has 8 heteroatoms. The molecular formula is C18H15F3N4O. The molecule has 2 aromatic carbocycles. The van der Waals surface area contributed by atoms with Crippen LogP contribution in [0.15, 0.2) is 48.5 Å². The minimum Gasteiger partial charge on any atom is -0.321 e. The molecule has 0 radical (unpaired) electrons. The molecule has 5 nitrogen and oxygen atoms in total. The predicted octanol–water partition coefficient (Wildman–Crippen LogP) is 4.16. The molecule has 3 aromatic rings. The number of alkyl halides is 3. The van der Waals surface area contributed by atoms with E-state index in [1.807, 2.05) is 31.2 Å². The molecule has 0 spiro atoms. The molecule has 1 heterocycles. The van der Waals surface area contributed by atoms with Crippen molar-refractivity contribution in [2.45, 2.75) is 20.0 Å². The number of hydrogen-bond donors (Lipinski definition) is 1. The lowest BCUT2D eigenvalue weighted by Crippen LogP contribution is -2.14. The van der Waals surface area contributed by atoms with E-state index < -0.39 is 17.6 Å². The summed E-state index contributed by atoms with van der Waals surface area (Å²) in [6.45, 7) is 3.66. The number of halogens is 3. The van der Waals surface area contributed by atoms with Crippen LogP contribution in [-0.2, 0) is 6.18 Å². The Hall–Kier alpha value is -3.16. The Morgan fingerprint density at radius 3 is 2.19 bits per heavy atom. The van der Waals surface area contributed by atoms with Gasteiger partial charge in [0.05, 0.1) is 16.9 Å². The van der Waals surface area contributed by atoms with E-state index >= 15 is 0 Å². The van der Waals surface area contributed by atoms with E-state index in [2.05, 4.69) is 15.6 Å². The Labute approximate surface area is 147 Å². The third kappa shape index (κ3) is 3.58. The molecule has 0 aliphatic rings. The number of carbonyl (C=O) groups is 1. The van der Waals surface area contributed by atoms with Crippen molar-refractivity contribution < 1.29 is 18.0 Å². The fourth-order valence-corrected chi connectivity index (χ4v) is 2.40. The summed E-state index contributed by atoms with van der Waals surface area (Å²) in [5, 5.41) is 10.4. The Kier molecular flexibility index (Phi) is 4.50. The molecule has 0 bridgehead atoms. The van der Waals surface area contributed by atoms with Gasteiger partial charge in [0, 0.05) is 5.69 Å². The van der Waals surface area contributed by atoms with Gasteiger partial charge in [-0.3, -0.25) is 4.79 Å². The minimum absolute atomic E-state index is 0.102. The summed E-state index contributed by atoms with van der Waals surface area (Å²) >= 11 is 0. The Morgan fingerprint density at radius 2 is 1.62 bits per heavy atom. The zero-order valence-corrected chi connectivity index (χ0v) is 14.0. The van der Waals surface area contributed by atoms with Gasteiger partial charge >= 0.3 is 6.18 Å². The molecule has 0 saturated carbocycles. The zero-order valence-electron chi connectivity index (χ0n) is 14.0. The fourth-order valence-electron chi connectivity index (χ4n) is 2.40. The second kappa shape index (κ2) is 6.62. The maximum atomic E-state index is 12.6. The first-order chi connectivity index (χ1) is 12.3. The van der Waals surface area contributed by atoms with Crippen LogP contribution in [0.2, 0.25) is 0 Å². The van der Waals surface area contributed by atoms with Crippen LogP contribution >= 0.6 is 0 Å². The van der Waals surface area contributed by atoms with Crippen molar-refractivity contribution in [1.82, 2.24) is 15.0 Å². The van der Waals surface area contributed by atoms with E-state index in [4.69, 9.17) is 0 Å². The molecule has 0 saturated heterocycles. The van der Waals surface area contributed by atoms with Gasteiger partial charge in [0.2, 0.25) is 0 Å². The minimum atomic E-state index is -4.42. The van der Waals surface area contributed by atoms with E-state index in [0.717, 1.165) is 23.4 Å². The zero-order chi connectivity index (χ0) is 18.9. The van der Waals surface area contributed by atoms with Crippen LogP contribution in [0.1, 0.15) is 27.3 Å². The molecule has 0 fully saturated rings. The first kappa shape index (κ1) is 17.7. The lowest BCUT2D eigenvalue weighted by molar-refractivity contribution is -0.137. The molecule has 0 aliphatic carbocycles. The average Bonchev–Trinajstić information content (AvgIpc) is 2.97. The fraction of sp³-hybridized carbons (Fsp3) is 0.167. The molecule has 1 amide bonds. The second-order valence-electron chi connectivity index (χ2n) is 5.80. The molecule has 0 atom stereocenters. The van der Waals surface area contributed by atoms with E-state index in [0.29, 0.717) is 5.69 Å². The molecule has 134 valence electrons. The summed E-state index contributed by atoms with van der Waals surface area (Å²) in [5.74, 6) is -0.541. The highest BCUT2D eigenvalue weighted by Crippen LogP contribution is 2.29. The van der Waals surface area contributed by atoms with Gasteiger partial charge in [-0.15, -0.1) is 5.10 Å². The molecular weight excluding hydrogens is 345 g/mol. The molecule has 1 aromatic heterocycles. The van der Waals surface area contributed by atoms with Crippen molar-refractivity contribution in [2.24, 2.45) is 0 Å². The number of carbonyl (C=O) groups excluding carboxylic acids is 1. The van der Waals surface area contributed by atoms with Gasteiger partial charge in [-0.25, -0.2) is 4.68 Å². The topological polar surface area (TPSA) is 59.8 Å². The number of amides is 1. The number of hydrogen-bond acceptors (Lipinski definition) is 3. The van der Waals surface area contributed by atoms with Crippen molar-refractivity contribution in [3.05, 3.63) is 71.0 Å². The number of nitrogens with zero attached hydrogens (tertiary/aromatic N) is 3. The maximum absolute atomic E-state index is 12.6. The van der Waals surface area contributed by atoms with Gasteiger partial charge in [0.15, 0.2) is 5.69 Å². The average molecular weight is 360 g/mol. The second-order valence-corrected chi connectivity index (χ2v) is 5.80. The van der Waals surface area contributed by atoms with Crippen LogP contribution in [0, 0.1) is 13.8 Å². The molecule has 0 aliphatic heterocycles.